The third kappa shape index (κ3) is 3.75. The molecule has 0 aliphatic carbocycles. The van der Waals surface area contributed by atoms with Crippen LogP contribution >= 0.6 is 0 Å². The highest BCUT2D eigenvalue weighted by Crippen LogP contribution is 2.30. The molecule has 160 valence electrons. The second kappa shape index (κ2) is 8.30. The van der Waals surface area contributed by atoms with Gasteiger partial charge in [-0.05, 0) is 48.2 Å². The molecule has 1 aliphatic rings. The maximum absolute atomic E-state index is 12.8. The van der Waals surface area contributed by atoms with Crippen LogP contribution in [0.5, 0.6) is 0 Å². The highest BCUT2D eigenvalue weighted by Gasteiger charge is 2.19. The first kappa shape index (κ1) is 20.0. The minimum atomic E-state index is -0.254. The summed E-state index contributed by atoms with van der Waals surface area (Å²) in [7, 11) is 0. The van der Waals surface area contributed by atoms with Gasteiger partial charge >= 0.3 is 0 Å². The van der Waals surface area contributed by atoms with Gasteiger partial charge in [-0.25, -0.2) is 4.98 Å². The summed E-state index contributed by atoms with van der Waals surface area (Å²) in [5.74, 6) is -0.254. The molecule has 1 aromatic heterocycles. The van der Waals surface area contributed by atoms with Crippen LogP contribution in [-0.4, -0.2) is 22.0 Å². The van der Waals surface area contributed by atoms with Crippen molar-refractivity contribution in [3.05, 3.63) is 100 Å². The van der Waals surface area contributed by atoms with Gasteiger partial charge in [0.1, 0.15) is 6.54 Å². The number of nitrogens with one attached hydrogen (secondary N) is 1. The van der Waals surface area contributed by atoms with Crippen molar-refractivity contribution in [3.8, 4) is 0 Å². The summed E-state index contributed by atoms with van der Waals surface area (Å²) < 4.78 is 1.36. The van der Waals surface area contributed by atoms with Gasteiger partial charge in [-0.1, -0.05) is 48.5 Å². The molecule has 0 spiro atoms. The topological polar surface area (TPSA) is 67.2 Å². The number of carbonyl (C=O) groups is 1. The number of benzene rings is 3. The number of anilines is 2. The summed E-state index contributed by atoms with van der Waals surface area (Å²) in [6.07, 6.45) is 2.48. The van der Waals surface area contributed by atoms with E-state index in [1.54, 1.807) is 6.07 Å². The van der Waals surface area contributed by atoms with E-state index in [1.165, 1.54) is 22.1 Å². The first-order valence-corrected chi connectivity index (χ1v) is 10.8. The average Bonchev–Trinajstić information content (AvgIpc) is 3.20. The number of carbonyl (C=O) groups excluding carboxylic acids is 1. The van der Waals surface area contributed by atoms with Gasteiger partial charge in [-0.15, -0.1) is 0 Å². The van der Waals surface area contributed by atoms with Crippen LogP contribution in [0, 0.1) is 6.92 Å². The number of nitrogens with zero attached hydrogens (tertiary/aromatic N) is 3. The van der Waals surface area contributed by atoms with Crippen LogP contribution in [-0.2, 0) is 24.3 Å². The standard InChI is InChI=1S/C26H24N4O2/c1-18-7-6-10-21-25(18)27-17-30(26(21)32)16-24(31)28-22-11-4-2-9-20(22)15-29-14-13-19-8-3-5-12-23(19)29/h2-12,17H,13-16H2,1H3,(H,28,31). The van der Waals surface area contributed by atoms with Crippen molar-refractivity contribution in [2.75, 3.05) is 16.8 Å². The Morgan fingerprint density at radius 3 is 2.75 bits per heavy atom. The second-order valence-electron chi connectivity index (χ2n) is 8.15. The van der Waals surface area contributed by atoms with E-state index >= 15 is 0 Å². The SMILES string of the molecule is Cc1cccc2c(=O)n(CC(=O)Nc3ccccc3CN3CCc4ccccc43)cnc12. The number of aryl methyl sites for hydroxylation is 1. The lowest BCUT2D eigenvalue weighted by Gasteiger charge is -2.21. The number of amides is 1. The molecule has 0 saturated carbocycles. The van der Waals surface area contributed by atoms with Gasteiger partial charge in [0.2, 0.25) is 5.91 Å². The van der Waals surface area contributed by atoms with Crippen molar-refractivity contribution in [1.82, 2.24) is 9.55 Å². The molecule has 0 saturated heterocycles. The molecule has 0 radical (unpaired) electrons. The van der Waals surface area contributed by atoms with Gasteiger partial charge in [0, 0.05) is 24.5 Å². The number of fused-ring (bicyclic) bond motifs is 2. The second-order valence-corrected chi connectivity index (χ2v) is 8.15. The van der Waals surface area contributed by atoms with Gasteiger partial charge in [-0.2, -0.15) is 0 Å². The van der Waals surface area contributed by atoms with E-state index in [0.29, 0.717) is 17.4 Å². The first-order chi connectivity index (χ1) is 15.6. The number of aromatic nitrogens is 2. The van der Waals surface area contributed by atoms with Gasteiger partial charge < -0.3 is 10.2 Å². The normalized spacial score (nSPS) is 12.7. The third-order valence-corrected chi connectivity index (χ3v) is 6.01. The van der Waals surface area contributed by atoms with E-state index in [-0.39, 0.29) is 18.0 Å². The van der Waals surface area contributed by atoms with E-state index in [1.807, 2.05) is 43.3 Å². The van der Waals surface area contributed by atoms with E-state index in [0.717, 1.165) is 29.8 Å². The molecule has 1 N–H and O–H groups in total. The molecule has 0 fully saturated rings. The zero-order valence-electron chi connectivity index (χ0n) is 17.9. The molecule has 5 rings (SSSR count). The fraction of sp³-hybridized carbons (Fsp3) is 0.192. The first-order valence-electron chi connectivity index (χ1n) is 10.8. The van der Waals surface area contributed by atoms with E-state index in [4.69, 9.17) is 0 Å². The zero-order valence-corrected chi connectivity index (χ0v) is 17.9. The van der Waals surface area contributed by atoms with Crippen molar-refractivity contribution in [3.63, 3.8) is 0 Å². The van der Waals surface area contributed by atoms with Gasteiger partial charge in [-0.3, -0.25) is 14.2 Å². The van der Waals surface area contributed by atoms with Crippen LogP contribution in [0.15, 0.2) is 77.9 Å². The predicted octanol–water partition coefficient (Wildman–Crippen LogP) is 3.91. The molecule has 0 bridgehead atoms. The summed E-state index contributed by atoms with van der Waals surface area (Å²) in [5.41, 5.74) is 5.80. The molecule has 32 heavy (non-hydrogen) atoms. The fourth-order valence-electron chi connectivity index (χ4n) is 4.35. The molecule has 1 aliphatic heterocycles. The summed E-state index contributed by atoms with van der Waals surface area (Å²) in [4.78, 5) is 32.4. The summed E-state index contributed by atoms with van der Waals surface area (Å²) in [5, 5.41) is 3.51. The Morgan fingerprint density at radius 2 is 1.84 bits per heavy atom. The van der Waals surface area contributed by atoms with Gasteiger partial charge in [0.25, 0.3) is 5.56 Å². The maximum Gasteiger partial charge on any atom is 0.261 e. The largest absolute Gasteiger partial charge is 0.367 e. The van der Waals surface area contributed by atoms with E-state index < -0.39 is 0 Å². The molecule has 6 heteroatoms. The quantitative estimate of drug-likeness (QED) is 0.528. The Kier molecular flexibility index (Phi) is 5.19. The molecular formula is C26H24N4O2. The van der Waals surface area contributed by atoms with Gasteiger partial charge in [0.05, 0.1) is 17.2 Å². The lowest BCUT2D eigenvalue weighted by molar-refractivity contribution is -0.116. The molecule has 3 aromatic carbocycles. The minimum absolute atomic E-state index is 0.0867. The fourth-order valence-corrected chi connectivity index (χ4v) is 4.35. The van der Waals surface area contributed by atoms with Crippen molar-refractivity contribution in [2.45, 2.75) is 26.4 Å². The highest BCUT2D eigenvalue weighted by molar-refractivity contribution is 5.91. The van der Waals surface area contributed by atoms with Crippen molar-refractivity contribution in [2.24, 2.45) is 0 Å². The molecule has 0 atom stereocenters. The molecule has 2 heterocycles. The van der Waals surface area contributed by atoms with Crippen LogP contribution in [0.3, 0.4) is 0 Å². The molecule has 6 nitrogen and oxygen atoms in total. The van der Waals surface area contributed by atoms with E-state index in [2.05, 4.69) is 39.5 Å². The van der Waals surface area contributed by atoms with Crippen LogP contribution in [0.1, 0.15) is 16.7 Å². The predicted molar refractivity (Wildman–Crippen MR) is 127 cm³/mol. The maximum atomic E-state index is 12.8. The van der Waals surface area contributed by atoms with Crippen LogP contribution in [0.2, 0.25) is 0 Å². The Labute approximate surface area is 186 Å². The van der Waals surface area contributed by atoms with Crippen molar-refractivity contribution in [1.29, 1.82) is 0 Å². The Balaban J connectivity index is 1.34. The monoisotopic (exact) mass is 424 g/mol. The van der Waals surface area contributed by atoms with Crippen molar-refractivity contribution < 1.29 is 4.79 Å². The number of hydrogen-bond donors (Lipinski definition) is 1. The third-order valence-electron chi connectivity index (χ3n) is 6.01. The Bertz CT molecular complexity index is 1380. The molecule has 0 unspecified atom stereocenters. The van der Waals surface area contributed by atoms with Crippen LogP contribution in [0.4, 0.5) is 11.4 Å². The zero-order chi connectivity index (χ0) is 22.1. The average molecular weight is 425 g/mol. The summed E-state index contributed by atoms with van der Waals surface area (Å²) in [6.45, 7) is 3.50. The Morgan fingerprint density at radius 1 is 1.03 bits per heavy atom. The number of rotatable bonds is 5. The number of hydrogen-bond acceptors (Lipinski definition) is 4. The van der Waals surface area contributed by atoms with Crippen molar-refractivity contribution >= 4 is 28.2 Å². The lowest BCUT2D eigenvalue weighted by Crippen LogP contribution is -2.28. The molecular weight excluding hydrogens is 400 g/mol. The van der Waals surface area contributed by atoms with Crippen LogP contribution < -0.4 is 15.8 Å². The molecule has 4 aromatic rings. The Hall–Kier alpha value is -3.93. The number of para-hydroxylation sites is 3. The van der Waals surface area contributed by atoms with Gasteiger partial charge in [0.15, 0.2) is 0 Å². The highest BCUT2D eigenvalue weighted by atomic mass is 16.2. The van der Waals surface area contributed by atoms with Crippen LogP contribution in [0.25, 0.3) is 10.9 Å². The summed E-state index contributed by atoms with van der Waals surface area (Å²) in [6, 6.07) is 21.8. The lowest BCUT2D eigenvalue weighted by atomic mass is 10.1. The smallest absolute Gasteiger partial charge is 0.261 e. The van der Waals surface area contributed by atoms with E-state index in [9.17, 15) is 9.59 Å². The summed E-state index contributed by atoms with van der Waals surface area (Å²) >= 11 is 0. The molecule has 1 amide bonds. The minimum Gasteiger partial charge on any atom is -0.367 e.